The average molecular weight is 401 g/mol. The Morgan fingerprint density at radius 1 is 1.21 bits per heavy atom. The predicted molar refractivity (Wildman–Crippen MR) is 116 cm³/mol. The molecule has 1 amide bonds. The van der Waals surface area contributed by atoms with E-state index in [1.54, 1.807) is 0 Å². The summed E-state index contributed by atoms with van der Waals surface area (Å²) < 4.78 is 6.01. The van der Waals surface area contributed by atoms with E-state index >= 15 is 0 Å². The molecule has 0 aliphatic carbocycles. The van der Waals surface area contributed by atoms with Gasteiger partial charge in [0.1, 0.15) is 0 Å². The van der Waals surface area contributed by atoms with Gasteiger partial charge in [-0.15, -0.1) is 0 Å². The van der Waals surface area contributed by atoms with Crippen molar-refractivity contribution in [2.75, 3.05) is 57.3 Å². The normalized spacial score (nSPS) is 28.6. The van der Waals surface area contributed by atoms with Gasteiger partial charge in [-0.25, -0.2) is 0 Å². The first-order valence-electron chi connectivity index (χ1n) is 11.2. The van der Waals surface area contributed by atoms with E-state index in [9.17, 15) is 4.79 Å². The summed E-state index contributed by atoms with van der Waals surface area (Å²) in [5, 5.41) is 3.29. The first-order chi connectivity index (χ1) is 14.0. The number of anilines is 1. The number of hydrogen-bond donors (Lipinski definition) is 1. The van der Waals surface area contributed by atoms with Gasteiger partial charge in [0.15, 0.2) is 0 Å². The van der Waals surface area contributed by atoms with E-state index in [-0.39, 0.29) is 11.9 Å². The van der Waals surface area contributed by atoms with Crippen molar-refractivity contribution in [2.45, 2.75) is 45.4 Å². The van der Waals surface area contributed by atoms with E-state index in [4.69, 9.17) is 4.74 Å². The first kappa shape index (κ1) is 20.6. The summed E-state index contributed by atoms with van der Waals surface area (Å²) in [5.74, 6) is 0.711. The zero-order valence-corrected chi connectivity index (χ0v) is 18.1. The Bertz CT molecular complexity index is 702. The van der Waals surface area contributed by atoms with Crippen LogP contribution in [0.15, 0.2) is 24.3 Å². The van der Waals surface area contributed by atoms with Gasteiger partial charge in [0, 0.05) is 57.0 Å². The Balaban J connectivity index is 1.20. The molecule has 1 aromatic rings. The van der Waals surface area contributed by atoms with Gasteiger partial charge in [-0.05, 0) is 37.0 Å². The van der Waals surface area contributed by atoms with Gasteiger partial charge in [0.25, 0.3) is 0 Å². The number of fused-ring (bicyclic) bond motifs is 1. The molecule has 0 bridgehead atoms. The van der Waals surface area contributed by atoms with Crippen LogP contribution in [0.5, 0.6) is 0 Å². The van der Waals surface area contributed by atoms with Crippen LogP contribution in [0.1, 0.15) is 25.8 Å². The molecule has 4 rings (SSSR count). The summed E-state index contributed by atoms with van der Waals surface area (Å²) in [6.07, 6.45) is 1.34. The fraction of sp³-hybridized carbons (Fsp3) is 0.696. The molecule has 6 heteroatoms. The SMILES string of the molecule is Cc1cccc(N2CCN(CC(=O)N[C@H]3C[C@H]4CO[C@@H](C(C)C)CN4C3)CC2)c1. The molecule has 0 radical (unpaired) electrons. The van der Waals surface area contributed by atoms with Crippen molar-refractivity contribution in [3.63, 3.8) is 0 Å². The number of morpholine rings is 1. The Morgan fingerprint density at radius 2 is 2.00 bits per heavy atom. The molecule has 3 aliphatic heterocycles. The van der Waals surface area contributed by atoms with Crippen molar-refractivity contribution < 1.29 is 9.53 Å². The van der Waals surface area contributed by atoms with Gasteiger partial charge < -0.3 is 15.0 Å². The molecule has 29 heavy (non-hydrogen) atoms. The molecule has 0 unspecified atom stereocenters. The second-order valence-corrected chi connectivity index (χ2v) is 9.33. The van der Waals surface area contributed by atoms with Crippen LogP contribution in [0.4, 0.5) is 5.69 Å². The lowest BCUT2D eigenvalue weighted by Crippen LogP contribution is -2.51. The first-order valence-corrected chi connectivity index (χ1v) is 11.2. The van der Waals surface area contributed by atoms with Crippen LogP contribution in [-0.4, -0.2) is 86.3 Å². The molecule has 3 aliphatic rings. The molecule has 1 aromatic carbocycles. The number of rotatable bonds is 5. The number of amides is 1. The molecule has 0 aromatic heterocycles. The van der Waals surface area contributed by atoms with E-state index in [2.05, 4.69) is 65.1 Å². The Morgan fingerprint density at radius 3 is 2.72 bits per heavy atom. The highest BCUT2D eigenvalue weighted by atomic mass is 16.5. The van der Waals surface area contributed by atoms with Gasteiger partial charge in [-0.3, -0.25) is 14.6 Å². The third-order valence-electron chi connectivity index (χ3n) is 6.66. The van der Waals surface area contributed by atoms with E-state index < -0.39 is 0 Å². The van der Waals surface area contributed by atoms with Crippen LogP contribution < -0.4 is 10.2 Å². The smallest absolute Gasteiger partial charge is 0.234 e. The van der Waals surface area contributed by atoms with E-state index in [0.717, 1.165) is 52.3 Å². The molecule has 1 N–H and O–H groups in total. The minimum atomic E-state index is 0.167. The van der Waals surface area contributed by atoms with Gasteiger partial charge in [0.2, 0.25) is 5.91 Å². The number of carbonyl (C=O) groups excluding carboxylic acids is 1. The maximum Gasteiger partial charge on any atom is 0.234 e. The van der Waals surface area contributed by atoms with E-state index in [1.165, 1.54) is 11.3 Å². The number of aryl methyl sites for hydroxylation is 1. The summed E-state index contributed by atoms with van der Waals surface area (Å²) in [5.41, 5.74) is 2.58. The Kier molecular flexibility index (Phi) is 6.42. The summed E-state index contributed by atoms with van der Waals surface area (Å²) in [6, 6.07) is 9.40. The summed E-state index contributed by atoms with van der Waals surface area (Å²) in [7, 11) is 0. The minimum Gasteiger partial charge on any atom is -0.375 e. The van der Waals surface area contributed by atoms with E-state index in [1.807, 2.05) is 0 Å². The van der Waals surface area contributed by atoms with Crippen molar-refractivity contribution in [3.8, 4) is 0 Å². The van der Waals surface area contributed by atoms with Crippen molar-refractivity contribution in [3.05, 3.63) is 29.8 Å². The molecule has 0 spiro atoms. The second kappa shape index (κ2) is 9.02. The summed E-state index contributed by atoms with van der Waals surface area (Å²) in [4.78, 5) is 19.8. The zero-order chi connectivity index (χ0) is 20.4. The molecule has 3 fully saturated rings. The highest BCUT2D eigenvalue weighted by Crippen LogP contribution is 2.26. The number of hydrogen-bond acceptors (Lipinski definition) is 5. The van der Waals surface area contributed by atoms with Crippen LogP contribution in [0.25, 0.3) is 0 Å². The van der Waals surface area contributed by atoms with Crippen molar-refractivity contribution >= 4 is 11.6 Å². The van der Waals surface area contributed by atoms with Gasteiger partial charge in [-0.2, -0.15) is 0 Å². The maximum absolute atomic E-state index is 12.6. The number of nitrogens with zero attached hydrogens (tertiary/aromatic N) is 3. The van der Waals surface area contributed by atoms with Crippen LogP contribution in [0, 0.1) is 12.8 Å². The van der Waals surface area contributed by atoms with Crippen LogP contribution in [0.2, 0.25) is 0 Å². The predicted octanol–water partition coefficient (Wildman–Crippen LogP) is 1.73. The van der Waals surface area contributed by atoms with Crippen LogP contribution in [-0.2, 0) is 9.53 Å². The van der Waals surface area contributed by atoms with Crippen molar-refractivity contribution in [1.29, 1.82) is 0 Å². The number of benzene rings is 1. The van der Waals surface area contributed by atoms with Crippen molar-refractivity contribution in [1.82, 2.24) is 15.1 Å². The van der Waals surface area contributed by atoms with Crippen LogP contribution >= 0.6 is 0 Å². The summed E-state index contributed by atoms with van der Waals surface area (Å²) >= 11 is 0. The highest BCUT2D eigenvalue weighted by molar-refractivity contribution is 5.78. The van der Waals surface area contributed by atoms with Crippen LogP contribution in [0.3, 0.4) is 0 Å². The lowest BCUT2D eigenvalue weighted by atomic mass is 10.0. The largest absolute Gasteiger partial charge is 0.375 e. The third-order valence-corrected chi connectivity index (χ3v) is 6.66. The number of nitrogens with one attached hydrogen (secondary N) is 1. The quantitative estimate of drug-likeness (QED) is 0.816. The minimum absolute atomic E-state index is 0.167. The molecule has 3 atom stereocenters. The lowest BCUT2D eigenvalue weighted by Gasteiger charge is -2.36. The Hall–Kier alpha value is -1.63. The molecular formula is C23H36N4O2. The number of carbonyl (C=O) groups is 1. The topological polar surface area (TPSA) is 48.1 Å². The monoisotopic (exact) mass is 400 g/mol. The molecule has 0 saturated carbocycles. The molecular weight excluding hydrogens is 364 g/mol. The maximum atomic E-state index is 12.6. The number of ether oxygens (including phenoxy) is 1. The summed E-state index contributed by atoms with van der Waals surface area (Å²) in [6.45, 7) is 13.7. The van der Waals surface area contributed by atoms with Gasteiger partial charge >= 0.3 is 0 Å². The molecule has 160 valence electrons. The fourth-order valence-electron chi connectivity index (χ4n) is 4.87. The number of piperazine rings is 1. The van der Waals surface area contributed by atoms with Gasteiger partial charge in [0.05, 0.1) is 19.3 Å². The zero-order valence-electron chi connectivity index (χ0n) is 18.1. The average Bonchev–Trinajstić information content (AvgIpc) is 3.09. The highest BCUT2D eigenvalue weighted by Gasteiger charge is 2.38. The second-order valence-electron chi connectivity index (χ2n) is 9.33. The molecule has 6 nitrogen and oxygen atoms in total. The third kappa shape index (κ3) is 5.11. The Labute approximate surface area is 175 Å². The van der Waals surface area contributed by atoms with E-state index in [0.29, 0.717) is 24.6 Å². The van der Waals surface area contributed by atoms with Crippen molar-refractivity contribution in [2.24, 2.45) is 5.92 Å². The lowest BCUT2D eigenvalue weighted by molar-refractivity contribution is -0.123. The standard InChI is InChI=1S/C23H36N4O2/c1-17(2)22-14-27-13-19(12-21(27)16-29-22)24-23(28)15-25-7-9-26(10-8-25)20-6-4-5-18(3)11-20/h4-6,11,17,19,21-22H,7-10,12-16H2,1-3H3,(H,24,28)/t19-,21-,22+/m0/s1. The molecule has 3 heterocycles. The fourth-order valence-corrected chi connectivity index (χ4v) is 4.87. The molecule has 3 saturated heterocycles. The van der Waals surface area contributed by atoms with Gasteiger partial charge in [-0.1, -0.05) is 26.0 Å².